The number of para-hydroxylation sites is 1. The zero-order chi connectivity index (χ0) is 20.8. The van der Waals surface area contributed by atoms with Gasteiger partial charge in [0.05, 0.1) is 14.2 Å². The van der Waals surface area contributed by atoms with E-state index in [1.54, 1.807) is 19.1 Å². The number of carbonyl (C=O) groups is 2. The molecule has 0 spiro atoms. The molecule has 2 aromatic carbocycles. The summed E-state index contributed by atoms with van der Waals surface area (Å²) < 4.78 is 10.6. The maximum atomic E-state index is 13.0. The number of fused-ring (bicyclic) bond motifs is 1. The Morgan fingerprint density at radius 2 is 1.86 bits per heavy atom. The molecular formula is C23H28N2O4. The first-order valence-corrected chi connectivity index (χ1v) is 9.97. The van der Waals surface area contributed by atoms with Crippen LogP contribution in [0.4, 0.5) is 5.69 Å². The number of methoxy groups -OCH3 is 2. The molecule has 0 aliphatic carbocycles. The summed E-state index contributed by atoms with van der Waals surface area (Å²) in [5, 5.41) is 2.98. The Morgan fingerprint density at radius 3 is 2.59 bits per heavy atom. The quantitative estimate of drug-likeness (QED) is 0.778. The molecule has 154 valence electrons. The van der Waals surface area contributed by atoms with Crippen LogP contribution < -0.4 is 19.7 Å². The Hall–Kier alpha value is -3.02. The van der Waals surface area contributed by atoms with Crippen LogP contribution >= 0.6 is 0 Å². The molecule has 1 atom stereocenters. The fourth-order valence-corrected chi connectivity index (χ4v) is 3.77. The van der Waals surface area contributed by atoms with Crippen LogP contribution in [-0.4, -0.2) is 32.1 Å². The molecular weight excluding hydrogens is 368 g/mol. The molecule has 1 N–H and O–H groups in total. The van der Waals surface area contributed by atoms with Crippen LogP contribution in [0, 0.1) is 0 Å². The summed E-state index contributed by atoms with van der Waals surface area (Å²) >= 11 is 0. The molecule has 2 amide bonds. The maximum absolute atomic E-state index is 13.0. The highest BCUT2D eigenvalue weighted by Gasteiger charge is 2.32. The Morgan fingerprint density at radius 1 is 1.10 bits per heavy atom. The van der Waals surface area contributed by atoms with Crippen LogP contribution in [0.15, 0.2) is 42.5 Å². The van der Waals surface area contributed by atoms with Gasteiger partial charge >= 0.3 is 0 Å². The molecule has 0 radical (unpaired) electrons. The predicted octanol–water partition coefficient (Wildman–Crippen LogP) is 3.47. The lowest BCUT2D eigenvalue weighted by molar-refractivity contribution is -0.126. The number of amides is 2. The van der Waals surface area contributed by atoms with Crippen molar-refractivity contribution in [3.8, 4) is 11.5 Å². The Labute approximate surface area is 171 Å². The van der Waals surface area contributed by atoms with Gasteiger partial charge in [-0.15, -0.1) is 0 Å². The molecule has 6 heteroatoms. The van der Waals surface area contributed by atoms with Gasteiger partial charge in [-0.25, -0.2) is 0 Å². The fraction of sp³-hybridized carbons (Fsp3) is 0.391. The van der Waals surface area contributed by atoms with Gasteiger partial charge in [0.2, 0.25) is 11.8 Å². The minimum absolute atomic E-state index is 0.00284. The first-order valence-electron chi connectivity index (χ1n) is 9.97. The molecule has 0 aromatic heterocycles. The van der Waals surface area contributed by atoms with Gasteiger partial charge in [-0.3, -0.25) is 14.5 Å². The molecule has 6 nitrogen and oxygen atoms in total. The number of hydrogen-bond donors (Lipinski definition) is 1. The molecule has 29 heavy (non-hydrogen) atoms. The largest absolute Gasteiger partial charge is 0.493 e. The molecule has 1 aliphatic rings. The predicted molar refractivity (Wildman–Crippen MR) is 112 cm³/mol. The third-order valence-corrected chi connectivity index (χ3v) is 5.27. The molecule has 0 bridgehead atoms. The SMILES string of the molecule is CC[C@@H](C(=O)NCc1ccc(OC)c(OC)c1)N1C(=O)CCCc2ccccc21. The zero-order valence-electron chi connectivity index (χ0n) is 17.2. The first-order chi connectivity index (χ1) is 14.1. The van der Waals surface area contributed by atoms with Crippen LogP contribution in [0.2, 0.25) is 0 Å². The van der Waals surface area contributed by atoms with Gasteiger partial charge in [0.1, 0.15) is 6.04 Å². The topological polar surface area (TPSA) is 67.9 Å². The van der Waals surface area contributed by atoms with Crippen LogP contribution in [-0.2, 0) is 22.6 Å². The molecule has 1 heterocycles. The van der Waals surface area contributed by atoms with E-state index in [1.165, 1.54) is 0 Å². The fourth-order valence-electron chi connectivity index (χ4n) is 3.77. The monoisotopic (exact) mass is 396 g/mol. The van der Waals surface area contributed by atoms with Crippen molar-refractivity contribution < 1.29 is 19.1 Å². The summed E-state index contributed by atoms with van der Waals surface area (Å²) in [7, 11) is 3.16. The summed E-state index contributed by atoms with van der Waals surface area (Å²) in [6, 6.07) is 12.9. The van der Waals surface area contributed by atoms with Gasteiger partial charge < -0.3 is 14.8 Å². The number of rotatable bonds is 7. The van der Waals surface area contributed by atoms with Gasteiger partial charge in [-0.05, 0) is 48.6 Å². The lowest BCUT2D eigenvalue weighted by Gasteiger charge is -2.30. The number of nitrogens with zero attached hydrogens (tertiary/aromatic N) is 1. The minimum atomic E-state index is -0.540. The van der Waals surface area contributed by atoms with Crippen molar-refractivity contribution in [1.82, 2.24) is 5.32 Å². The van der Waals surface area contributed by atoms with E-state index in [1.807, 2.05) is 49.4 Å². The molecule has 0 saturated carbocycles. The van der Waals surface area contributed by atoms with Crippen molar-refractivity contribution in [2.45, 2.75) is 45.2 Å². The van der Waals surface area contributed by atoms with Crippen molar-refractivity contribution in [3.05, 3.63) is 53.6 Å². The average molecular weight is 396 g/mol. The van der Waals surface area contributed by atoms with E-state index in [9.17, 15) is 9.59 Å². The number of carbonyl (C=O) groups excluding carboxylic acids is 2. The van der Waals surface area contributed by atoms with Crippen molar-refractivity contribution >= 4 is 17.5 Å². The van der Waals surface area contributed by atoms with E-state index >= 15 is 0 Å². The molecule has 1 aliphatic heterocycles. The minimum Gasteiger partial charge on any atom is -0.493 e. The second-order valence-corrected chi connectivity index (χ2v) is 7.08. The number of aryl methyl sites for hydroxylation is 1. The second-order valence-electron chi connectivity index (χ2n) is 7.08. The molecule has 3 rings (SSSR count). The van der Waals surface area contributed by atoms with E-state index < -0.39 is 6.04 Å². The van der Waals surface area contributed by atoms with E-state index in [0.29, 0.717) is 30.9 Å². The van der Waals surface area contributed by atoms with Crippen molar-refractivity contribution in [2.24, 2.45) is 0 Å². The van der Waals surface area contributed by atoms with Crippen LogP contribution in [0.1, 0.15) is 37.3 Å². The summed E-state index contributed by atoms with van der Waals surface area (Å²) in [5.74, 6) is 1.10. The second kappa shape index (κ2) is 9.45. The van der Waals surface area contributed by atoms with Gasteiger partial charge in [0, 0.05) is 18.7 Å². The van der Waals surface area contributed by atoms with Gasteiger partial charge in [0.25, 0.3) is 0 Å². The smallest absolute Gasteiger partial charge is 0.243 e. The lowest BCUT2D eigenvalue weighted by atomic mass is 10.1. The maximum Gasteiger partial charge on any atom is 0.243 e. The molecule has 2 aromatic rings. The van der Waals surface area contributed by atoms with Crippen LogP contribution in [0.3, 0.4) is 0 Å². The lowest BCUT2D eigenvalue weighted by Crippen LogP contribution is -2.49. The third kappa shape index (κ3) is 4.53. The highest BCUT2D eigenvalue weighted by atomic mass is 16.5. The van der Waals surface area contributed by atoms with Crippen molar-refractivity contribution in [1.29, 1.82) is 0 Å². The number of nitrogens with one attached hydrogen (secondary N) is 1. The Kier molecular flexibility index (Phi) is 6.75. The molecule has 0 fully saturated rings. The van der Waals surface area contributed by atoms with Crippen LogP contribution in [0.25, 0.3) is 0 Å². The highest BCUT2D eigenvalue weighted by molar-refractivity contribution is 6.01. The van der Waals surface area contributed by atoms with Gasteiger partial charge in [0.15, 0.2) is 11.5 Å². The highest BCUT2D eigenvalue weighted by Crippen LogP contribution is 2.30. The van der Waals surface area contributed by atoms with Gasteiger partial charge in [-0.1, -0.05) is 31.2 Å². The Balaban J connectivity index is 1.78. The average Bonchev–Trinajstić information content (AvgIpc) is 2.91. The summed E-state index contributed by atoms with van der Waals surface area (Å²) in [6.07, 6.45) is 2.64. The zero-order valence-corrected chi connectivity index (χ0v) is 17.2. The van der Waals surface area contributed by atoms with E-state index in [4.69, 9.17) is 9.47 Å². The number of hydrogen-bond acceptors (Lipinski definition) is 4. The number of ether oxygens (including phenoxy) is 2. The first kappa shape index (κ1) is 20.7. The summed E-state index contributed by atoms with van der Waals surface area (Å²) in [4.78, 5) is 27.5. The van der Waals surface area contributed by atoms with E-state index in [0.717, 1.165) is 29.7 Å². The van der Waals surface area contributed by atoms with E-state index in [-0.39, 0.29) is 11.8 Å². The van der Waals surface area contributed by atoms with Crippen molar-refractivity contribution in [3.63, 3.8) is 0 Å². The van der Waals surface area contributed by atoms with Gasteiger partial charge in [-0.2, -0.15) is 0 Å². The van der Waals surface area contributed by atoms with Crippen molar-refractivity contribution in [2.75, 3.05) is 19.1 Å². The number of anilines is 1. The summed E-state index contributed by atoms with van der Waals surface area (Å²) in [5.41, 5.74) is 2.86. The summed E-state index contributed by atoms with van der Waals surface area (Å²) in [6.45, 7) is 2.28. The molecule has 0 saturated heterocycles. The third-order valence-electron chi connectivity index (χ3n) is 5.27. The number of benzene rings is 2. The molecule has 0 unspecified atom stereocenters. The van der Waals surface area contributed by atoms with E-state index in [2.05, 4.69) is 5.32 Å². The van der Waals surface area contributed by atoms with Crippen LogP contribution in [0.5, 0.6) is 11.5 Å². The normalized spacial score (nSPS) is 14.6. The standard InChI is InChI=1S/C23H28N2O4/c1-4-18(25-19-10-6-5-8-17(19)9-7-11-22(25)26)23(27)24-15-16-12-13-20(28-2)21(14-16)29-3/h5-6,8,10,12-14,18H,4,7,9,11,15H2,1-3H3,(H,24,27)/t18-/m0/s1. The Bertz CT molecular complexity index is 881.